The van der Waals surface area contributed by atoms with E-state index in [4.69, 9.17) is 9.47 Å². The molecule has 4 aliphatic rings. The second-order valence-corrected chi connectivity index (χ2v) is 11.3. The zero-order valence-corrected chi connectivity index (χ0v) is 19.7. The number of hydrogen-bond donors (Lipinski definition) is 1. The van der Waals surface area contributed by atoms with Gasteiger partial charge in [0.2, 0.25) is 0 Å². The van der Waals surface area contributed by atoms with Gasteiger partial charge in [0.05, 0.1) is 12.2 Å². The standard InChI is InChI=1S/C27H49NO2/c1-3-7-11-24(12-8-4-1)21-28-18-15-26(25-13-9-5-2-6-10-14-25)16-20-30-27(22-26)17-19-29-23-27/h24-25,28H,1-23H2. The average Bonchev–Trinajstić information content (AvgIpc) is 3.13. The SMILES string of the molecule is C1CCCC(CNCCC2(C3CCCCCCC3)CCOC3(CCOC3)C2)CCC1. The van der Waals surface area contributed by atoms with Crippen molar-refractivity contribution in [2.75, 3.05) is 32.9 Å². The molecule has 3 nitrogen and oxygen atoms in total. The van der Waals surface area contributed by atoms with Crippen LogP contribution in [0.2, 0.25) is 0 Å². The summed E-state index contributed by atoms with van der Waals surface area (Å²) in [7, 11) is 0. The van der Waals surface area contributed by atoms with Crippen LogP contribution in [0.15, 0.2) is 0 Å². The fourth-order valence-electron chi connectivity index (χ4n) is 7.32. The van der Waals surface area contributed by atoms with Crippen LogP contribution in [0.4, 0.5) is 0 Å². The number of rotatable bonds is 6. The molecule has 0 aromatic rings. The molecule has 0 aromatic carbocycles. The molecule has 3 heteroatoms. The Kier molecular flexibility index (Phi) is 8.96. The van der Waals surface area contributed by atoms with Gasteiger partial charge in [-0.05, 0) is 75.3 Å². The Morgan fingerprint density at radius 3 is 2.07 bits per heavy atom. The first-order chi connectivity index (χ1) is 14.8. The second-order valence-electron chi connectivity index (χ2n) is 11.3. The van der Waals surface area contributed by atoms with Gasteiger partial charge in [0, 0.05) is 19.6 Å². The Bertz CT molecular complexity index is 473. The van der Waals surface area contributed by atoms with Crippen molar-refractivity contribution in [2.45, 2.75) is 121 Å². The zero-order chi connectivity index (χ0) is 20.5. The topological polar surface area (TPSA) is 30.5 Å². The molecule has 2 saturated carbocycles. The molecule has 2 heterocycles. The lowest BCUT2D eigenvalue weighted by Gasteiger charge is -2.51. The van der Waals surface area contributed by atoms with Gasteiger partial charge in [0.25, 0.3) is 0 Å². The molecule has 2 unspecified atom stereocenters. The minimum absolute atomic E-state index is 0.0418. The van der Waals surface area contributed by atoms with E-state index in [2.05, 4.69) is 5.32 Å². The maximum absolute atomic E-state index is 6.41. The molecular weight excluding hydrogens is 370 g/mol. The summed E-state index contributed by atoms with van der Waals surface area (Å²) in [4.78, 5) is 0. The maximum Gasteiger partial charge on any atom is 0.0942 e. The van der Waals surface area contributed by atoms with Crippen molar-refractivity contribution in [1.82, 2.24) is 5.32 Å². The molecule has 0 amide bonds. The molecule has 4 fully saturated rings. The largest absolute Gasteiger partial charge is 0.378 e. The van der Waals surface area contributed by atoms with E-state index >= 15 is 0 Å². The number of hydrogen-bond acceptors (Lipinski definition) is 3. The summed E-state index contributed by atoms with van der Waals surface area (Å²) in [6, 6.07) is 0. The third kappa shape index (κ3) is 6.23. The Balaban J connectivity index is 1.35. The lowest BCUT2D eigenvalue weighted by Crippen LogP contribution is -2.50. The molecule has 2 aliphatic heterocycles. The molecule has 2 saturated heterocycles. The van der Waals surface area contributed by atoms with Crippen molar-refractivity contribution >= 4 is 0 Å². The van der Waals surface area contributed by atoms with Crippen LogP contribution in [0.1, 0.15) is 116 Å². The van der Waals surface area contributed by atoms with Crippen LogP contribution >= 0.6 is 0 Å². The quantitative estimate of drug-likeness (QED) is 0.489. The third-order valence-electron chi connectivity index (χ3n) is 9.18. The van der Waals surface area contributed by atoms with Gasteiger partial charge in [-0.25, -0.2) is 0 Å². The molecule has 4 rings (SSSR count). The van der Waals surface area contributed by atoms with Crippen LogP contribution in [0.5, 0.6) is 0 Å². The highest BCUT2D eigenvalue weighted by atomic mass is 16.6. The fourth-order valence-corrected chi connectivity index (χ4v) is 7.32. The van der Waals surface area contributed by atoms with Crippen molar-refractivity contribution in [3.63, 3.8) is 0 Å². The van der Waals surface area contributed by atoms with Crippen LogP contribution < -0.4 is 5.32 Å². The summed E-state index contributed by atoms with van der Waals surface area (Å²) in [6.07, 6.45) is 25.4. The lowest BCUT2D eigenvalue weighted by molar-refractivity contribution is -0.146. The van der Waals surface area contributed by atoms with Gasteiger partial charge in [0.15, 0.2) is 0 Å². The fraction of sp³-hybridized carbons (Fsp3) is 1.00. The molecule has 2 aliphatic carbocycles. The van der Waals surface area contributed by atoms with Crippen molar-refractivity contribution in [2.24, 2.45) is 17.3 Å². The van der Waals surface area contributed by atoms with E-state index in [0.29, 0.717) is 5.41 Å². The van der Waals surface area contributed by atoms with Gasteiger partial charge >= 0.3 is 0 Å². The van der Waals surface area contributed by atoms with E-state index in [1.165, 1.54) is 122 Å². The van der Waals surface area contributed by atoms with Crippen molar-refractivity contribution in [3.8, 4) is 0 Å². The molecule has 0 bridgehead atoms. The summed E-state index contributed by atoms with van der Waals surface area (Å²) in [6.45, 7) is 5.18. The van der Waals surface area contributed by atoms with Crippen LogP contribution in [-0.4, -0.2) is 38.5 Å². The van der Waals surface area contributed by atoms with Gasteiger partial charge in [0.1, 0.15) is 0 Å². The van der Waals surface area contributed by atoms with Crippen LogP contribution in [0.3, 0.4) is 0 Å². The second kappa shape index (κ2) is 11.7. The van der Waals surface area contributed by atoms with Gasteiger partial charge in [-0.15, -0.1) is 0 Å². The molecule has 1 spiro atoms. The van der Waals surface area contributed by atoms with E-state index < -0.39 is 0 Å². The summed E-state index contributed by atoms with van der Waals surface area (Å²) < 4.78 is 12.3. The minimum atomic E-state index is 0.0418. The minimum Gasteiger partial charge on any atom is -0.378 e. The van der Waals surface area contributed by atoms with E-state index in [0.717, 1.165) is 38.1 Å². The Labute approximate surface area is 186 Å². The van der Waals surface area contributed by atoms with Crippen molar-refractivity contribution in [1.29, 1.82) is 0 Å². The number of ether oxygens (including phenoxy) is 2. The van der Waals surface area contributed by atoms with Crippen LogP contribution in [0, 0.1) is 17.3 Å². The highest BCUT2D eigenvalue weighted by Gasteiger charge is 2.50. The predicted octanol–water partition coefficient (Wildman–Crippen LogP) is 6.64. The van der Waals surface area contributed by atoms with E-state index in [-0.39, 0.29) is 5.60 Å². The Morgan fingerprint density at radius 1 is 0.733 bits per heavy atom. The molecular formula is C27H49NO2. The molecule has 2 atom stereocenters. The summed E-state index contributed by atoms with van der Waals surface area (Å²) >= 11 is 0. The smallest absolute Gasteiger partial charge is 0.0942 e. The summed E-state index contributed by atoms with van der Waals surface area (Å²) in [5, 5.41) is 3.95. The molecule has 0 radical (unpaired) electrons. The normalized spacial score (nSPS) is 35.6. The summed E-state index contributed by atoms with van der Waals surface area (Å²) in [5.41, 5.74) is 0.525. The highest BCUT2D eigenvalue weighted by Crippen LogP contribution is 2.52. The monoisotopic (exact) mass is 419 g/mol. The Morgan fingerprint density at radius 2 is 1.40 bits per heavy atom. The van der Waals surface area contributed by atoms with Gasteiger partial charge in [-0.2, -0.15) is 0 Å². The average molecular weight is 420 g/mol. The first kappa shape index (κ1) is 23.1. The van der Waals surface area contributed by atoms with Gasteiger partial charge in [-0.1, -0.05) is 64.2 Å². The highest BCUT2D eigenvalue weighted by molar-refractivity contribution is 5.00. The zero-order valence-electron chi connectivity index (χ0n) is 19.7. The molecule has 0 aromatic heterocycles. The Hall–Kier alpha value is -0.120. The summed E-state index contributed by atoms with van der Waals surface area (Å²) in [5.74, 6) is 1.83. The molecule has 30 heavy (non-hydrogen) atoms. The lowest BCUT2D eigenvalue weighted by atomic mass is 9.60. The van der Waals surface area contributed by atoms with E-state index in [9.17, 15) is 0 Å². The van der Waals surface area contributed by atoms with E-state index in [1.807, 2.05) is 0 Å². The van der Waals surface area contributed by atoms with Crippen LogP contribution in [-0.2, 0) is 9.47 Å². The third-order valence-corrected chi connectivity index (χ3v) is 9.18. The number of nitrogens with one attached hydrogen (secondary N) is 1. The van der Waals surface area contributed by atoms with Crippen LogP contribution in [0.25, 0.3) is 0 Å². The first-order valence-corrected chi connectivity index (χ1v) is 13.7. The predicted molar refractivity (Wildman–Crippen MR) is 125 cm³/mol. The first-order valence-electron chi connectivity index (χ1n) is 13.7. The molecule has 1 N–H and O–H groups in total. The van der Waals surface area contributed by atoms with Gasteiger partial charge in [-0.3, -0.25) is 0 Å². The van der Waals surface area contributed by atoms with Gasteiger partial charge < -0.3 is 14.8 Å². The van der Waals surface area contributed by atoms with Crippen molar-refractivity contribution < 1.29 is 9.47 Å². The maximum atomic E-state index is 6.41. The van der Waals surface area contributed by atoms with Crippen molar-refractivity contribution in [3.05, 3.63) is 0 Å². The molecule has 174 valence electrons. The van der Waals surface area contributed by atoms with E-state index in [1.54, 1.807) is 0 Å².